The Morgan fingerprint density at radius 1 is 1.19 bits per heavy atom. The standard InChI is InChI=1S/C18H20N4O4/c23-17(24)12-6-8-22(9-7-12)18(25)19-14-3-1-2-13(10-14)15-20-16(26-21-15)11-4-5-11/h1-3,10-12H,4-9H2,(H,19,25)(H,23,24). The van der Waals surface area contributed by atoms with E-state index in [4.69, 9.17) is 9.63 Å². The number of carboxylic acid groups (broad SMARTS) is 1. The van der Waals surface area contributed by atoms with Crippen LogP contribution in [0.4, 0.5) is 10.5 Å². The summed E-state index contributed by atoms with van der Waals surface area (Å²) in [5.74, 6) is 0.443. The summed E-state index contributed by atoms with van der Waals surface area (Å²) in [4.78, 5) is 29.5. The molecule has 8 nitrogen and oxygen atoms in total. The van der Waals surface area contributed by atoms with Crippen LogP contribution in [0.1, 0.15) is 37.5 Å². The Balaban J connectivity index is 1.40. The molecule has 1 saturated heterocycles. The predicted molar refractivity (Wildman–Crippen MR) is 92.7 cm³/mol. The zero-order valence-corrected chi connectivity index (χ0v) is 14.2. The number of benzene rings is 1. The van der Waals surface area contributed by atoms with Crippen LogP contribution in [0.3, 0.4) is 0 Å². The van der Waals surface area contributed by atoms with Gasteiger partial charge >= 0.3 is 12.0 Å². The van der Waals surface area contributed by atoms with Crippen LogP contribution in [0.5, 0.6) is 0 Å². The maximum absolute atomic E-state index is 12.4. The van der Waals surface area contributed by atoms with Crippen molar-refractivity contribution in [3.05, 3.63) is 30.2 Å². The van der Waals surface area contributed by atoms with E-state index in [1.807, 2.05) is 18.2 Å². The largest absolute Gasteiger partial charge is 0.481 e. The number of nitrogens with one attached hydrogen (secondary N) is 1. The van der Waals surface area contributed by atoms with Crippen LogP contribution in [0, 0.1) is 5.92 Å². The summed E-state index contributed by atoms with van der Waals surface area (Å²) in [6, 6.07) is 7.08. The number of rotatable bonds is 4. The van der Waals surface area contributed by atoms with Crippen LogP contribution < -0.4 is 5.32 Å². The molecule has 2 N–H and O–H groups in total. The van der Waals surface area contributed by atoms with Crippen molar-refractivity contribution < 1.29 is 19.2 Å². The average molecular weight is 356 g/mol. The second kappa shape index (κ2) is 6.78. The lowest BCUT2D eigenvalue weighted by Crippen LogP contribution is -2.42. The second-order valence-electron chi connectivity index (χ2n) is 6.84. The molecular formula is C18H20N4O4. The van der Waals surface area contributed by atoms with E-state index in [0.717, 1.165) is 18.4 Å². The quantitative estimate of drug-likeness (QED) is 0.872. The molecule has 2 fully saturated rings. The summed E-state index contributed by atoms with van der Waals surface area (Å²) in [5.41, 5.74) is 1.42. The van der Waals surface area contributed by atoms with Gasteiger partial charge in [-0.2, -0.15) is 4.98 Å². The van der Waals surface area contributed by atoms with E-state index in [0.29, 0.717) is 49.3 Å². The number of carboxylic acids is 1. The lowest BCUT2D eigenvalue weighted by molar-refractivity contribution is -0.143. The summed E-state index contributed by atoms with van der Waals surface area (Å²) in [5, 5.41) is 15.9. The van der Waals surface area contributed by atoms with E-state index in [9.17, 15) is 9.59 Å². The average Bonchev–Trinajstić information content (AvgIpc) is 3.39. The molecule has 4 rings (SSSR count). The first-order valence-electron chi connectivity index (χ1n) is 8.83. The summed E-state index contributed by atoms with van der Waals surface area (Å²) in [7, 11) is 0. The first-order valence-corrected chi connectivity index (χ1v) is 8.83. The topological polar surface area (TPSA) is 109 Å². The normalized spacial score (nSPS) is 17.9. The number of carbonyl (C=O) groups excluding carboxylic acids is 1. The second-order valence-corrected chi connectivity index (χ2v) is 6.84. The molecule has 2 aliphatic rings. The highest BCUT2D eigenvalue weighted by Gasteiger charge is 2.30. The minimum absolute atomic E-state index is 0.224. The molecule has 1 aromatic carbocycles. The summed E-state index contributed by atoms with van der Waals surface area (Å²) < 4.78 is 5.28. The molecule has 8 heteroatoms. The summed E-state index contributed by atoms with van der Waals surface area (Å²) in [6.07, 6.45) is 3.15. The fraction of sp³-hybridized carbons (Fsp3) is 0.444. The number of likely N-dealkylation sites (tertiary alicyclic amines) is 1. The van der Waals surface area contributed by atoms with Gasteiger partial charge in [0.15, 0.2) is 0 Å². The summed E-state index contributed by atoms with van der Waals surface area (Å²) in [6.45, 7) is 0.885. The Kier molecular flexibility index (Phi) is 4.32. The molecule has 1 aliphatic carbocycles. The first kappa shape index (κ1) is 16.6. The van der Waals surface area contributed by atoms with Gasteiger partial charge in [-0.05, 0) is 37.8 Å². The van der Waals surface area contributed by atoms with Gasteiger partial charge in [-0.3, -0.25) is 4.79 Å². The maximum Gasteiger partial charge on any atom is 0.321 e. The van der Waals surface area contributed by atoms with E-state index in [1.54, 1.807) is 11.0 Å². The lowest BCUT2D eigenvalue weighted by atomic mass is 9.97. The fourth-order valence-corrected chi connectivity index (χ4v) is 3.12. The van der Waals surface area contributed by atoms with Gasteiger partial charge in [-0.15, -0.1) is 0 Å². The van der Waals surface area contributed by atoms with E-state index < -0.39 is 5.97 Å². The molecule has 1 aromatic heterocycles. The molecule has 2 heterocycles. The highest BCUT2D eigenvalue weighted by Crippen LogP contribution is 2.39. The smallest absolute Gasteiger partial charge is 0.321 e. The van der Waals surface area contributed by atoms with Crippen molar-refractivity contribution in [1.29, 1.82) is 0 Å². The molecule has 2 amide bonds. The zero-order valence-electron chi connectivity index (χ0n) is 14.2. The summed E-state index contributed by atoms with van der Waals surface area (Å²) >= 11 is 0. The van der Waals surface area contributed by atoms with Crippen molar-refractivity contribution in [1.82, 2.24) is 15.0 Å². The number of nitrogens with zero attached hydrogens (tertiary/aromatic N) is 3. The molecule has 0 radical (unpaired) electrons. The van der Waals surface area contributed by atoms with Crippen LogP contribution in [-0.4, -0.2) is 45.2 Å². The van der Waals surface area contributed by atoms with E-state index >= 15 is 0 Å². The van der Waals surface area contributed by atoms with Crippen molar-refractivity contribution in [2.75, 3.05) is 18.4 Å². The third-order valence-corrected chi connectivity index (χ3v) is 4.87. The predicted octanol–water partition coefficient (Wildman–Crippen LogP) is 2.94. The lowest BCUT2D eigenvalue weighted by Gasteiger charge is -2.30. The molecular weight excluding hydrogens is 336 g/mol. The Morgan fingerprint density at radius 2 is 1.96 bits per heavy atom. The highest BCUT2D eigenvalue weighted by atomic mass is 16.5. The fourth-order valence-electron chi connectivity index (χ4n) is 3.12. The molecule has 1 saturated carbocycles. The van der Waals surface area contributed by atoms with Gasteiger partial charge in [0.05, 0.1) is 5.92 Å². The number of piperidine rings is 1. The van der Waals surface area contributed by atoms with Crippen LogP contribution in [0.25, 0.3) is 11.4 Å². The van der Waals surface area contributed by atoms with E-state index in [2.05, 4.69) is 15.5 Å². The van der Waals surface area contributed by atoms with Gasteiger partial charge in [0, 0.05) is 30.3 Å². The number of aliphatic carboxylic acids is 1. The Labute approximate surface area is 150 Å². The van der Waals surface area contributed by atoms with Crippen LogP contribution >= 0.6 is 0 Å². The first-order chi connectivity index (χ1) is 12.6. The molecule has 0 spiro atoms. The number of hydrogen-bond donors (Lipinski definition) is 2. The monoisotopic (exact) mass is 356 g/mol. The zero-order chi connectivity index (χ0) is 18.1. The molecule has 0 bridgehead atoms. The van der Waals surface area contributed by atoms with E-state index in [-0.39, 0.29) is 11.9 Å². The SMILES string of the molecule is O=C(O)C1CCN(C(=O)Nc2cccc(-c3noc(C4CC4)n3)c2)CC1. The molecule has 0 unspecified atom stereocenters. The minimum atomic E-state index is -0.788. The van der Waals surface area contributed by atoms with Gasteiger partial charge in [0.25, 0.3) is 0 Å². The Hall–Kier alpha value is -2.90. The van der Waals surface area contributed by atoms with Gasteiger partial charge in [-0.1, -0.05) is 17.3 Å². The number of hydrogen-bond acceptors (Lipinski definition) is 5. The van der Waals surface area contributed by atoms with Crippen LogP contribution in [0.2, 0.25) is 0 Å². The Bertz CT molecular complexity index is 822. The maximum atomic E-state index is 12.4. The van der Waals surface area contributed by atoms with Crippen molar-refractivity contribution >= 4 is 17.7 Å². The number of amides is 2. The van der Waals surface area contributed by atoms with Crippen LogP contribution in [0.15, 0.2) is 28.8 Å². The van der Waals surface area contributed by atoms with Crippen LogP contribution in [-0.2, 0) is 4.79 Å². The Morgan fingerprint density at radius 3 is 2.65 bits per heavy atom. The molecule has 0 atom stereocenters. The third-order valence-electron chi connectivity index (χ3n) is 4.87. The third kappa shape index (κ3) is 3.54. The number of carbonyl (C=O) groups is 2. The van der Waals surface area contributed by atoms with Gasteiger partial charge < -0.3 is 19.8 Å². The number of aromatic nitrogens is 2. The molecule has 2 aromatic rings. The van der Waals surface area contributed by atoms with E-state index in [1.165, 1.54) is 0 Å². The minimum Gasteiger partial charge on any atom is -0.481 e. The molecule has 26 heavy (non-hydrogen) atoms. The van der Waals surface area contributed by atoms with Gasteiger partial charge in [0.1, 0.15) is 0 Å². The van der Waals surface area contributed by atoms with Crippen molar-refractivity contribution in [3.63, 3.8) is 0 Å². The van der Waals surface area contributed by atoms with Gasteiger partial charge in [0.2, 0.25) is 11.7 Å². The van der Waals surface area contributed by atoms with Crippen molar-refractivity contribution in [2.45, 2.75) is 31.6 Å². The molecule has 1 aliphatic heterocycles. The molecule has 136 valence electrons. The number of urea groups is 1. The highest BCUT2D eigenvalue weighted by molar-refractivity contribution is 5.90. The van der Waals surface area contributed by atoms with Crippen molar-refractivity contribution in [3.8, 4) is 11.4 Å². The number of anilines is 1. The van der Waals surface area contributed by atoms with Gasteiger partial charge in [-0.25, -0.2) is 4.79 Å². The van der Waals surface area contributed by atoms with Crippen molar-refractivity contribution in [2.24, 2.45) is 5.92 Å².